The van der Waals surface area contributed by atoms with Crippen LogP contribution >= 0.6 is 0 Å². The Hall–Kier alpha value is -3.41. The molecule has 0 fully saturated rings. The molecule has 28 heavy (non-hydrogen) atoms. The number of imidazole rings is 1. The number of ether oxygens (including phenoxy) is 1. The number of benzene rings is 2. The number of rotatable bonds is 7. The van der Waals surface area contributed by atoms with Gasteiger partial charge in [0.2, 0.25) is 5.91 Å². The predicted octanol–water partition coefficient (Wildman–Crippen LogP) is 4.03. The van der Waals surface area contributed by atoms with Crippen molar-refractivity contribution in [3.63, 3.8) is 0 Å². The molecule has 6 heteroatoms. The number of nitrogens with zero attached hydrogens (tertiary/aromatic N) is 2. The van der Waals surface area contributed by atoms with Gasteiger partial charge in [0.15, 0.2) is 0 Å². The number of nitrogens with one attached hydrogen (secondary N) is 1. The van der Waals surface area contributed by atoms with E-state index in [1.807, 2.05) is 42.0 Å². The summed E-state index contributed by atoms with van der Waals surface area (Å²) < 4.78 is 21.4. The van der Waals surface area contributed by atoms with E-state index in [2.05, 4.69) is 10.3 Å². The molecule has 3 aromatic rings. The first-order valence-electron chi connectivity index (χ1n) is 8.91. The van der Waals surface area contributed by atoms with Gasteiger partial charge in [0.05, 0.1) is 31.4 Å². The van der Waals surface area contributed by atoms with Crippen LogP contribution in [0.3, 0.4) is 0 Å². The van der Waals surface area contributed by atoms with Crippen molar-refractivity contribution in [1.82, 2.24) is 14.9 Å². The molecule has 0 saturated carbocycles. The van der Waals surface area contributed by atoms with Gasteiger partial charge in [0.1, 0.15) is 11.9 Å². The molecule has 0 spiro atoms. The Morgan fingerprint density at radius 1 is 1.29 bits per heavy atom. The molecular weight excluding hydrogens is 357 g/mol. The SMILES string of the molecule is COc1cc(/C=C/C(=O)NC[C@@H](F)c2ccccc2)ccc1-n1cnc(C)c1. The van der Waals surface area contributed by atoms with Crippen LogP contribution in [0.15, 0.2) is 67.1 Å². The molecule has 1 N–H and O–H groups in total. The van der Waals surface area contributed by atoms with Crippen molar-refractivity contribution < 1.29 is 13.9 Å². The highest BCUT2D eigenvalue weighted by atomic mass is 19.1. The third kappa shape index (κ3) is 4.85. The van der Waals surface area contributed by atoms with Gasteiger partial charge in [0, 0.05) is 12.3 Å². The molecule has 2 aromatic carbocycles. The van der Waals surface area contributed by atoms with Gasteiger partial charge >= 0.3 is 0 Å². The molecule has 0 saturated heterocycles. The van der Waals surface area contributed by atoms with E-state index in [0.717, 1.165) is 16.9 Å². The van der Waals surface area contributed by atoms with E-state index in [1.54, 1.807) is 43.8 Å². The summed E-state index contributed by atoms with van der Waals surface area (Å²) in [4.78, 5) is 16.2. The number of alkyl halides is 1. The lowest BCUT2D eigenvalue weighted by atomic mass is 10.1. The van der Waals surface area contributed by atoms with Crippen molar-refractivity contribution in [2.24, 2.45) is 0 Å². The number of hydrogen-bond acceptors (Lipinski definition) is 3. The molecule has 0 bridgehead atoms. The summed E-state index contributed by atoms with van der Waals surface area (Å²) in [5, 5.41) is 2.58. The molecular formula is C22H22FN3O2. The lowest BCUT2D eigenvalue weighted by molar-refractivity contribution is -0.116. The van der Waals surface area contributed by atoms with Crippen LogP contribution in [0.2, 0.25) is 0 Å². The molecule has 1 amide bonds. The van der Waals surface area contributed by atoms with Crippen molar-refractivity contribution in [2.75, 3.05) is 13.7 Å². The van der Waals surface area contributed by atoms with E-state index in [9.17, 15) is 9.18 Å². The molecule has 0 aliphatic carbocycles. The minimum Gasteiger partial charge on any atom is -0.495 e. The molecule has 0 aliphatic rings. The van der Waals surface area contributed by atoms with Crippen LogP contribution < -0.4 is 10.1 Å². The maximum Gasteiger partial charge on any atom is 0.244 e. The second kappa shape index (κ2) is 8.99. The van der Waals surface area contributed by atoms with Gasteiger partial charge in [-0.15, -0.1) is 0 Å². The van der Waals surface area contributed by atoms with E-state index in [1.165, 1.54) is 6.08 Å². The van der Waals surface area contributed by atoms with Crippen LogP contribution in [-0.2, 0) is 4.79 Å². The highest BCUT2D eigenvalue weighted by Crippen LogP contribution is 2.25. The number of carbonyl (C=O) groups is 1. The topological polar surface area (TPSA) is 56.1 Å². The smallest absolute Gasteiger partial charge is 0.244 e. The van der Waals surface area contributed by atoms with Gasteiger partial charge in [-0.2, -0.15) is 0 Å². The average Bonchev–Trinajstić information content (AvgIpc) is 3.16. The Bertz CT molecular complexity index is 967. The first-order chi connectivity index (χ1) is 13.6. The number of hydrogen-bond donors (Lipinski definition) is 1. The summed E-state index contributed by atoms with van der Waals surface area (Å²) in [6.45, 7) is 1.84. The molecule has 1 atom stereocenters. The van der Waals surface area contributed by atoms with Crippen LogP contribution in [0.1, 0.15) is 23.0 Å². The molecule has 3 rings (SSSR count). The largest absolute Gasteiger partial charge is 0.495 e. The minimum atomic E-state index is -1.24. The summed E-state index contributed by atoms with van der Waals surface area (Å²) in [7, 11) is 1.59. The summed E-state index contributed by atoms with van der Waals surface area (Å²) in [5.74, 6) is 0.305. The van der Waals surface area contributed by atoms with E-state index in [4.69, 9.17) is 4.74 Å². The van der Waals surface area contributed by atoms with Crippen LogP contribution in [0.25, 0.3) is 11.8 Å². The fourth-order valence-electron chi connectivity index (χ4n) is 2.76. The van der Waals surface area contributed by atoms with Gasteiger partial charge in [-0.1, -0.05) is 36.4 Å². The second-order valence-corrected chi connectivity index (χ2v) is 6.31. The van der Waals surface area contributed by atoms with Crippen molar-refractivity contribution in [1.29, 1.82) is 0 Å². The zero-order valence-corrected chi connectivity index (χ0v) is 15.8. The maximum atomic E-state index is 14.1. The van der Waals surface area contributed by atoms with E-state index < -0.39 is 6.17 Å². The van der Waals surface area contributed by atoms with Gasteiger partial charge in [-0.05, 0) is 36.3 Å². The summed E-state index contributed by atoms with van der Waals surface area (Å²) >= 11 is 0. The van der Waals surface area contributed by atoms with Crippen molar-refractivity contribution >= 4 is 12.0 Å². The third-order valence-electron chi connectivity index (χ3n) is 4.24. The quantitative estimate of drug-likeness (QED) is 0.631. The normalized spacial score (nSPS) is 12.1. The summed E-state index contributed by atoms with van der Waals surface area (Å²) in [5.41, 5.74) is 3.10. The van der Waals surface area contributed by atoms with E-state index >= 15 is 0 Å². The van der Waals surface area contributed by atoms with Gasteiger partial charge in [-0.25, -0.2) is 9.37 Å². The van der Waals surface area contributed by atoms with E-state index in [0.29, 0.717) is 11.3 Å². The Balaban J connectivity index is 1.62. The van der Waals surface area contributed by atoms with Crippen molar-refractivity contribution in [3.05, 3.63) is 84.0 Å². The molecule has 0 aliphatic heterocycles. The lowest BCUT2D eigenvalue weighted by Crippen LogP contribution is -2.25. The highest BCUT2D eigenvalue weighted by molar-refractivity contribution is 5.91. The first-order valence-corrected chi connectivity index (χ1v) is 8.91. The van der Waals surface area contributed by atoms with E-state index in [-0.39, 0.29) is 12.5 Å². The molecule has 0 unspecified atom stereocenters. The highest BCUT2D eigenvalue weighted by Gasteiger charge is 2.10. The molecule has 1 heterocycles. The Morgan fingerprint density at radius 3 is 2.75 bits per heavy atom. The number of methoxy groups -OCH3 is 1. The van der Waals surface area contributed by atoms with Gasteiger partial charge in [0.25, 0.3) is 0 Å². The standard InChI is InChI=1S/C22H22FN3O2/c1-16-14-26(15-25-16)20-10-8-17(12-21(20)28-2)9-11-22(27)24-13-19(23)18-6-4-3-5-7-18/h3-12,14-15,19H,13H2,1-2H3,(H,24,27)/b11-9+/t19-/m1/s1. The van der Waals surface area contributed by atoms with Crippen LogP contribution in [0, 0.1) is 6.92 Å². The maximum absolute atomic E-state index is 14.1. The first kappa shape index (κ1) is 19.4. The third-order valence-corrected chi connectivity index (χ3v) is 4.24. The number of aromatic nitrogens is 2. The number of carbonyl (C=O) groups excluding carboxylic acids is 1. The number of aryl methyl sites for hydroxylation is 1. The zero-order chi connectivity index (χ0) is 19.9. The van der Waals surface area contributed by atoms with Crippen molar-refractivity contribution in [3.8, 4) is 11.4 Å². The zero-order valence-electron chi connectivity index (χ0n) is 15.8. The molecule has 1 aromatic heterocycles. The minimum absolute atomic E-state index is 0.0740. The fourth-order valence-corrected chi connectivity index (χ4v) is 2.76. The number of amides is 1. The Morgan fingerprint density at radius 2 is 2.07 bits per heavy atom. The van der Waals surface area contributed by atoms with Crippen LogP contribution in [0.5, 0.6) is 5.75 Å². The summed E-state index contributed by atoms with van der Waals surface area (Å²) in [6, 6.07) is 14.4. The van der Waals surface area contributed by atoms with Gasteiger partial charge < -0.3 is 14.6 Å². The average molecular weight is 379 g/mol. The number of halogens is 1. The second-order valence-electron chi connectivity index (χ2n) is 6.31. The Labute approximate surface area is 163 Å². The molecule has 5 nitrogen and oxygen atoms in total. The van der Waals surface area contributed by atoms with Gasteiger partial charge in [-0.3, -0.25) is 4.79 Å². The monoisotopic (exact) mass is 379 g/mol. The Kier molecular flexibility index (Phi) is 6.22. The molecule has 144 valence electrons. The fraction of sp³-hybridized carbons (Fsp3) is 0.182. The molecule has 0 radical (unpaired) electrons. The lowest BCUT2D eigenvalue weighted by Gasteiger charge is -2.10. The van der Waals surface area contributed by atoms with Crippen LogP contribution in [-0.4, -0.2) is 29.1 Å². The van der Waals surface area contributed by atoms with Crippen LogP contribution in [0.4, 0.5) is 4.39 Å². The predicted molar refractivity (Wildman–Crippen MR) is 107 cm³/mol. The van der Waals surface area contributed by atoms with Crippen molar-refractivity contribution in [2.45, 2.75) is 13.1 Å². The summed E-state index contributed by atoms with van der Waals surface area (Å²) in [6.07, 6.45) is 5.43.